The molecule has 0 radical (unpaired) electrons. The molecule has 0 spiro atoms. The maximum Gasteiger partial charge on any atom is 0.0820 e. The highest BCUT2D eigenvalue weighted by Gasteiger charge is 2.13. The first kappa shape index (κ1) is 8.05. The summed E-state index contributed by atoms with van der Waals surface area (Å²) in [6, 6.07) is 0. The van der Waals surface area contributed by atoms with Crippen LogP contribution in [0.3, 0.4) is 0 Å². The molecule has 1 aliphatic carbocycles. The molecule has 0 aromatic heterocycles. The van der Waals surface area contributed by atoms with E-state index in [2.05, 4.69) is 31.1 Å². The molecule has 0 aliphatic heterocycles. The molecule has 2 heteroatoms. The third-order valence-electron chi connectivity index (χ3n) is 1.79. The molecule has 0 saturated carbocycles. The molecule has 2 N–H and O–H groups in total. The lowest BCUT2D eigenvalue weighted by atomic mass is 9.90. The highest BCUT2D eigenvalue weighted by molar-refractivity contribution is 6.04. The van der Waals surface area contributed by atoms with Gasteiger partial charge in [-0.05, 0) is 24.0 Å². The zero-order valence-electron chi connectivity index (χ0n) is 7.04. The van der Waals surface area contributed by atoms with Gasteiger partial charge in [0.1, 0.15) is 0 Å². The minimum atomic E-state index is 0.239. The summed E-state index contributed by atoms with van der Waals surface area (Å²) in [6.07, 6.45) is 9.20. The Labute approximate surface area is 67.5 Å². The minimum Gasteiger partial charge on any atom is -0.323 e. The molecule has 0 aromatic rings. The van der Waals surface area contributed by atoms with E-state index in [1.807, 2.05) is 12.2 Å². The number of hydrazone groups is 1. The highest BCUT2D eigenvalue weighted by atomic mass is 15.1. The highest BCUT2D eigenvalue weighted by Crippen LogP contribution is 2.24. The second-order valence-electron chi connectivity index (χ2n) is 3.48. The molecule has 1 aliphatic rings. The van der Waals surface area contributed by atoms with E-state index in [1.54, 1.807) is 0 Å². The van der Waals surface area contributed by atoms with Crippen LogP contribution in [0.2, 0.25) is 0 Å². The lowest BCUT2D eigenvalue weighted by Gasteiger charge is -2.15. The predicted octanol–water partition coefficient (Wildman–Crippen LogP) is 1.84. The van der Waals surface area contributed by atoms with Crippen molar-refractivity contribution >= 4 is 5.71 Å². The molecule has 0 unspecified atom stereocenters. The largest absolute Gasteiger partial charge is 0.323 e. The predicted molar refractivity (Wildman–Crippen MR) is 48.3 cm³/mol. The smallest absolute Gasteiger partial charge is 0.0820 e. The van der Waals surface area contributed by atoms with E-state index in [-0.39, 0.29) is 5.41 Å². The molecule has 0 fully saturated rings. The standard InChI is InChI=1S/C9H14N2/c1-9(2)6-3-4-8(11-10)5-7-9/h3-5,7H,6,10H2,1-2H3/b11-8-. The number of allylic oxidation sites excluding steroid dienone is 4. The van der Waals surface area contributed by atoms with Crippen LogP contribution in [-0.2, 0) is 0 Å². The summed E-state index contributed by atoms with van der Waals surface area (Å²) in [6.45, 7) is 4.38. The van der Waals surface area contributed by atoms with Crippen LogP contribution in [0.25, 0.3) is 0 Å². The van der Waals surface area contributed by atoms with Crippen LogP contribution >= 0.6 is 0 Å². The average Bonchev–Trinajstić information content (AvgIpc) is 2.10. The van der Waals surface area contributed by atoms with Crippen molar-refractivity contribution in [3.63, 3.8) is 0 Å². The molecular weight excluding hydrogens is 136 g/mol. The second kappa shape index (κ2) is 2.91. The van der Waals surface area contributed by atoms with Gasteiger partial charge in [0.2, 0.25) is 0 Å². The molecule has 1 rings (SSSR count). The number of rotatable bonds is 0. The summed E-state index contributed by atoms with van der Waals surface area (Å²) in [5, 5.41) is 3.62. The molecule has 0 amide bonds. The van der Waals surface area contributed by atoms with Crippen LogP contribution in [0.15, 0.2) is 29.4 Å². The van der Waals surface area contributed by atoms with Gasteiger partial charge in [-0.2, -0.15) is 5.10 Å². The van der Waals surface area contributed by atoms with Gasteiger partial charge in [0.05, 0.1) is 5.71 Å². The molecule has 0 saturated heterocycles. The van der Waals surface area contributed by atoms with Gasteiger partial charge in [-0.1, -0.05) is 26.0 Å². The quantitative estimate of drug-likeness (QED) is 0.415. The normalized spacial score (nSPS) is 25.5. The van der Waals surface area contributed by atoms with Crippen molar-refractivity contribution in [1.29, 1.82) is 0 Å². The van der Waals surface area contributed by atoms with E-state index in [4.69, 9.17) is 5.84 Å². The Hall–Kier alpha value is -1.05. The molecule has 60 valence electrons. The van der Waals surface area contributed by atoms with Crippen molar-refractivity contribution in [3.8, 4) is 0 Å². The van der Waals surface area contributed by atoms with E-state index >= 15 is 0 Å². The Morgan fingerprint density at radius 3 is 2.82 bits per heavy atom. The summed E-state index contributed by atoms with van der Waals surface area (Å²) < 4.78 is 0. The Morgan fingerprint density at radius 1 is 1.45 bits per heavy atom. The number of hydrogen-bond donors (Lipinski definition) is 1. The van der Waals surface area contributed by atoms with E-state index in [0.29, 0.717) is 0 Å². The van der Waals surface area contributed by atoms with Gasteiger partial charge in [-0.3, -0.25) is 0 Å². The fraction of sp³-hybridized carbons (Fsp3) is 0.444. The monoisotopic (exact) mass is 150 g/mol. The van der Waals surface area contributed by atoms with Gasteiger partial charge in [0.15, 0.2) is 0 Å². The van der Waals surface area contributed by atoms with Crippen molar-refractivity contribution in [2.75, 3.05) is 0 Å². The Balaban J connectivity index is 2.86. The number of nitrogens with zero attached hydrogens (tertiary/aromatic N) is 1. The first-order chi connectivity index (χ1) is 5.14. The van der Waals surface area contributed by atoms with Gasteiger partial charge >= 0.3 is 0 Å². The summed E-state index contributed by atoms with van der Waals surface area (Å²) in [7, 11) is 0. The Bertz CT molecular complexity index is 222. The minimum absolute atomic E-state index is 0.239. The van der Waals surface area contributed by atoms with Crippen molar-refractivity contribution < 1.29 is 0 Å². The first-order valence-corrected chi connectivity index (χ1v) is 3.78. The fourth-order valence-electron chi connectivity index (χ4n) is 1.00. The average molecular weight is 150 g/mol. The van der Waals surface area contributed by atoms with Crippen LogP contribution in [0, 0.1) is 5.41 Å². The van der Waals surface area contributed by atoms with Gasteiger partial charge in [-0.15, -0.1) is 0 Å². The SMILES string of the molecule is CC1(C)C=C/C(=N\N)C=CC1. The topological polar surface area (TPSA) is 38.4 Å². The summed E-state index contributed by atoms with van der Waals surface area (Å²) >= 11 is 0. The third kappa shape index (κ3) is 2.22. The van der Waals surface area contributed by atoms with Crippen LogP contribution < -0.4 is 5.84 Å². The van der Waals surface area contributed by atoms with Crippen LogP contribution in [-0.4, -0.2) is 5.71 Å². The summed E-state index contributed by atoms with van der Waals surface area (Å²) in [4.78, 5) is 0. The molecule has 0 heterocycles. The van der Waals surface area contributed by atoms with Crippen LogP contribution in [0.1, 0.15) is 20.3 Å². The van der Waals surface area contributed by atoms with E-state index in [1.165, 1.54) is 0 Å². The van der Waals surface area contributed by atoms with Gasteiger partial charge in [0.25, 0.3) is 0 Å². The fourth-order valence-corrected chi connectivity index (χ4v) is 1.00. The Morgan fingerprint density at radius 2 is 2.18 bits per heavy atom. The molecule has 0 atom stereocenters. The molecule has 2 nitrogen and oxygen atoms in total. The zero-order valence-corrected chi connectivity index (χ0v) is 7.04. The second-order valence-corrected chi connectivity index (χ2v) is 3.48. The number of hydrogen-bond acceptors (Lipinski definition) is 2. The van der Waals surface area contributed by atoms with E-state index in [9.17, 15) is 0 Å². The van der Waals surface area contributed by atoms with Crippen molar-refractivity contribution in [3.05, 3.63) is 24.3 Å². The third-order valence-corrected chi connectivity index (χ3v) is 1.79. The molecule has 0 aromatic carbocycles. The van der Waals surface area contributed by atoms with Gasteiger partial charge in [0, 0.05) is 0 Å². The summed E-state index contributed by atoms with van der Waals surface area (Å²) in [5.41, 5.74) is 1.08. The zero-order chi connectivity index (χ0) is 8.32. The van der Waals surface area contributed by atoms with Crippen molar-refractivity contribution in [2.45, 2.75) is 20.3 Å². The van der Waals surface area contributed by atoms with Crippen molar-refractivity contribution in [1.82, 2.24) is 0 Å². The van der Waals surface area contributed by atoms with Gasteiger partial charge in [-0.25, -0.2) is 0 Å². The first-order valence-electron chi connectivity index (χ1n) is 3.78. The maximum absolute atomic E-state index is 5.15. The molecular formula is C9H14N2. The summed E-state index contributed by atoms with van der Waals surface area (Å²) in [5.74, 6) is 5.15. The van der Waals surface area contributed by atoms with Gasteiger partial charge < -0.3 is 5.84 Å². The molecule has 0 bridgehead atoms. The Kier molecular flexibility index (Phi) is 2.13. The van der Waals surface area contributed by atoms with Crippen molar-refractivity contribution in [2.24, 2.45) is 16.4 Å². The van der Waals surface area contributed by atoms with Crippen LogP contribution in [0.4, 0.5) is 0 Å². The molecule has 11 heavy (non-hydrogen) atoms. The lowest BCUT2D eigenvalue weighted by Crippen LogP contribution is -2.04. The van der Waals surface area contributed by atoms with Crippen LogP contribution in [0.5, 0.6) is 0 Å². The lowest BCUT2D eigenvalue weighted by molar-refractivity contribution is 0.490. The van der Waals surface area contributed by atoms with E-state index in [0.717, 1.165) is 12.1 Å². The maximum atomic E-state index is 5.15. The van der Waals surface area contributed by atoms with E-state index < -0.39 is 0 Å². The number of nitrogens with two attached hydrogens (primary N) is 1.